The van der Waals surface area contributed by atoms with Crippen LogP contribution in [0.1, 0.15) is 0 Å². The first-order chi connectivity index (χ1) is 6.51. The van der Waals surface area contributed by atoms with Gasteiger partial charge in [-0.3, -0.25) is 0 Å². The predicted octanol–water partition coefficient (Wildman–Crippen LogP) is 3.30. The highest BCUT2D eigenvalue weighted by Crippen LogP contribution is 2.53. The molecule has 0 spiro atoms. The van der Waals surface area contributed by atoms with E-state index in [0.717, 1.165) is 0 Å². The van der Waals surface area contributed by atoms with Gasteiger partial charge >= 0.3 is 18.1 Å². The van der Waals surface area contributed by atoms with Crippen LogP contribution in [0.25, 0.3) is 0 Å². The molecule has 10 heteroatoms. The molecule has 2 unspecified atom stereocenters. The van der Waals surface area contributed by atoms with Gasteiger partial charge in [0, 0.05) is 0 Å². The Morgan fingerprint density at radius 3 is 1.20 bits per heavy atom. The smallest absolute Gasteiger partial charge is 0.317 e. The zero-order valence-corrected chi connectivity index (χ0v) is 9.67. The molecule has 2 nitrogen and oxygen atoms in total. The lowest BCUT2D eigenvalue weighted by molar-refractivity contribution is -0.441. The summed E-state index contributed by atoms with van der Waals surface area (Å²) in [6.07, 6.45) is -11.4. The average Bonchev–Trinajstić information content (AvgIpc) is 2.26. The van der Waals surface area contributed by atoms with E-state index in [9.17, 15) is 26.3 Å². The number of halogens is 8. The molecule has 0 amide bonds. The Bertz CT molecular complexity index is 225. The highest BCUT2D eigenvalue weighted by atomic mass is 79.9. The van der Waals surface area contributed by atoms with Crippen LogP contribution in [-0.2, 0) is 9.47 Å². The number of hydrogen-bond acceptors (Lipinski definition) is 2. The molecular formula is C5H2Br2F6O2. The lowest BCUT2D eigenvalue weighted by atomic mass is 10.2. The third kappa shape index (κ3) is 2.13. The normalized spacial score (nSPS) is 32.0. The van der Waals surface area contributed by atoms with Crippen molar-refractivity contribution in [3.05, 3.63) is 0 Å². The number of rotatable bonds is 0. The van der Waals surface area contributed by atoms with Crippen LogP contribution in [0.4, 0.5) is 26.3 Å². The van der Waals surface area contributed by atoms with Gasteiger partial charge in [0.15, 0.2) is 10.0 Å². The van der Waals surface area contributed by atoms with Crippen LogP contribution in [0.3, 0.4) is 0 Å². The fourth-order valence-electron chi connectivity index (χ4n) is 0.880. The van der Waals surface area contributed by atoms with Gasteiger partial charge in [-0.15, -0.1) is 0 Å². The Morgan fingerprint density at radius 2 is 1.07 bits per heavy atom. The summed E-state index contributed by atoms with van der Waals surface area (Å²) in [6.45, 7) is 0. The van der Waals surface area contributed by atoms with Crippen LogP contribution in [-0.4, -0.2) is 28.2 Å². The summed E-state index contributed by atoms with van der Waals surface area (Å²) in [5, 5.41) is -3.08. The average molecular weight is 368 g/mol. The molecule has 1 rings (SSSR count). The summed E-state index contributed by atoms with van der Waals surface area (Å²) in [7, 11) is 0. The molecule has 1 aliphatic heterocycles. The van der Waals surface area contributed by atoms with Crippen LogP contribution in [0, 0.1) is 0 Å². The lowest BCUT2D eigenvalue weighted by Gasteiger charge is -2.31. The predicted molar refractivity (Wildman–Crippen MR) is 42.4 cm³/mol. The Labute approximate surface area is 96.1 Å². The fraction of sp³-hybridized carbons (Fsp3) is 1.00. The minimum atomic E-state index is -5.71. The number of alkyl halides is 8. The van der Waals surface area contributed by atoms with E-state index in [1.165, 1.54) is 0 Å². The Balaban J connectivity index is 3.12. The van der Waals surface area contributed by atoms with E-state index in [1.807, 2.05) is 0 Å². The summed E-state index contributed by atoms with van der Waals surface area (Å²) >= 11 is 4.94. The van der Waals surface area contributed by atoms with Crippen LogP contribution >= 0.6 is 31.9 Å². The van der Waals surface area contributed by atoms with Crippen molar-refractivity contribution in [3.8, 4) is 0 Å². The molecule has 90 valence electrons. The maximum Gasteiger partial charge on any atom is 0.453 e. The molecule has 0 aliphatic carbocycles. The molecule has 0 aromatic rings. The van der Waals surface area contributed by atoms with Crippen molar-refractivity contribution in [2.75, 3.05) is 0 Å². The third-order valence-electron chi connectivity index (χ3n) is 1.51. The van der Waals surface area contributed by atoms with E-state index < -0.39 is 28.2 Å². The van der Waals surface area contributed by atoms with Gasteiger partial charge in [-0.2, -0.15) is 26.3 Å². The molecule has 0 aromatic carbocycles. The molecule has 2 atom stereocenters. The van der Waals surface area contributed by atoms with Crippen LogP contribution in [0.15, 0.2) is 0 Å². The van der Waals surface area contributed by atoms with E-state index >= 15 is 0 Å². The van der Waals surface area contributed by atoms with E-state index in [0.29, 0.717) is 0 Å². The van der Waals surface area contributed by atoms with Gasteiger partial charge in [0.05, 0.1) is 0 Å². The maximum atomic E-state index is 12.2. The first-order valence-electron chi connectivity index (χ1n) is 3.28. The van der Waals surface area contributed by atoms with E-state index in [4.69, 9.17) is 0 Å². The van der Waals surface area contributed by atoms with Crippen molar-refractivity contribution in [1.29, 1.82) is 0 Å². The Kier molecular flexibility index (Phi) is 3.37. The van der Waals surface area contributed by atoms with Gasteiger partial charge in [0.25, 0.3) is 0 Å². The first kappa shape index (κ1) is 13.5. The zero-order chi connectivity index (χ0) is 12.1. The van der Waals surface area contributed by atoms with E-state index in [1.54, 1.807) is 0 Å². The summed E-state index contributed by atoms with van der Waals surface area (Å²) < 4.78 is 81.1. The first-order valence-corrected chi connectivity index (χ1v) is 5.11. The minimum absolute atomic E-state index is 1.54. The molecule has 1 saturated heterocycles. The van der Waals surface area contributed by atoms with Gasteiger partial charge in [0.1, 0.15) is 0 Å². The summed E-state index contributed by atoms with van der Waals surface area (Å²) in [5.41, 5.74) is 0. The molecule has 0 N–H and O–H groups in total. The number of hydrogen-bond donors (Lipinski definition) is 0. The number of ether oxygens (including phenoxy) is 2. The fourth-order valence-corrected chi connectivity index (χ4v) is 1.62. The molecule has 1 heterocycles. The molecule has 0 aromatic heterocycles. The highest BCUT2D eigenvalue weighted by molar-refractivity contribution is 9.12. The monoisotopic (exact) mass is 366 g/mol. The third-order valence-corrected chi connectivity index (χ3v) is 3.55. The van der Waals surface area contributed by atoms with Gasteiger partial charge in [-0.25, -0.2) is 0 Å². The maximum absolute atomic E-state index is 12.2. The minimum Gasteiger partial charge on any atom is -0.317 e. The highest BCUT2D eigenvalue weighted by Gasteiger charge is 2.78. The van der Waals surface area contributed by atoms with Crippen LogP contribution < -0.4 is 0 Å². The van der Waals surface area contributed by atoms with Gasteiger partial charge in [-0.1, -0.05) is 31.9 Å². The molecule has 0 saturated carbocycles. The van der Waals surface area contributed by atoms with Crippen molar-refractivity contribution in [1.82, 2.24) is 0 Å². The zero-order valence-electron chi connectivity index (χ0n) is 6.49. The van der Waals surface area contributed by atoms with Crippen molar-refractivity contribution >= 4 is 31.9 Å². The quantitative estimate of drug-likeness (QED) is 0.483. The van der Waals surface area contributed by atoms with Crippen LogP contribution in [0.2, 0.25) is 0 Å². The standard InChI is InChI=1S/C5H2Br2F6O2/c6-1-2(7)15-3(14-1,4(8,9)10)5(11,12)13/h1-2H. The summed E-state index contributed by atoms with van der Waals surface area (Å²) in [5.74, 6) is -4.58. The molecular weight excluding hydrogens is 366 g/mol. The van der Waals surface area contributed by atoms with Crippen molar-refractivity contribution in [2.45, 2.75) is 28.2 Å². The van der Waals surface area contributed by atoms with Gasteiger partial charge < -0.3 is 9.47 Å². The summed E-state index contributed by atoms with van der Waals surface area (Å²) in [6, 6.07) is 0. The van der Waals surface area contributed by atoms with E-state index in [-0.39, 0.29) is 0 Å². The van der Waals surface area contributed by atoms with Crippen molar-refractivity contribution in [2.24, 2.45) is 0 Å². The second-order valence-electron chi connectivity index (χ2n) is 2.55. The van der Waals surface area contributed by atoms with Gasteiger partial charge in [0.2, 0.25) is 0 Å². The Morgan fingerprint density at radius 1 is 0.800 bits per heavy atom. The Hall–Kier alpha value is 0.460. The summed E-state index contributed by atoms with van der Waals surface area (Å²) in [4.78, 5) is 0. The molecule has 0 bridgehead atoms. The van der Waals surface area contributed by atoms with Gasteiger partial charge in [-0.05, 0) is 0 Å². The largest absolute Gasteiger partial charge is 0.453 e. The second-order valence-corrected chi connectivity index (χ2v) is 4.36. The topological polar surface area (TPSA) is 18.5 Å². The van der Waals surface area contributed by atoms with Crippen LogP contribution in [0.5, 0.6) is 0 Å². The molecule has 1 fully saturated rings. The second kappa shape index (κ2) is 3.74. The molecule has 0 radical (unpaired) electrons. The lowest BCUT2D eigenvalue weighted by Crippen LogP contribution is -2.58. The molecule has 1 aliphatic rings. The SMILES string of the molecule is FC(F)(F)C1(C(F)(F)F)OC(Br)C(Br)O1. The van der Waals surface area contributed by atoms with Crippen molar-refractivity contribution in [3.63, 3.8) is 0 Å². The van der Waals surface area contributed by atoms with Crippen molar-refractivity contribution < 1.29 is 35.8 Å². The molecule has 15 heavy (non-hydrogen) atoms. The van der Waals surface area contributed by atoms with E-state index in [2.05, 4.69) is 41.3 Å².